The Morgan fingerprint density at radius 1 is 0.913 bits per heavy atom. The van der Waals surface area contributed by atoms with Gasteiger partial charge in [-0.05, 0) is 68.8 Å². The van der Waals surface area contributed by atoms with Crippen LogP contribution in [0.2, 0.25) is 0 Å². The van der Waals surface area contributed by atoms with Crippen LogP contribution in [0.25, 0.3) is 0 Å². The summed E-state index contributed by atoms with van der Waals surface area (Å²) in [5.41, 5.74) is 0. The van der Waals surface area contributed by atoms with E-state index in [9.17, 15) is 0 Å². The van der Waals surface area contributed by atoms with E-state index in [-0.39, 0.29) is 0 Å². The van der Waals surface area contributed by atoms with Crippen LogP contribution in [0.3, 0.4) is 0 Å². The van der Waals surface area contributed by atoms with Crippen molar-refractivity contribution in [3.05, 3.63) is 12.3 Å². The molecule has 23 heavy (non-hydrogen) atoms. The fourth-order valence-corrected chi connectivity index (χ4v) is 4.23. The van der Waals surface area contributed by atoms with Gasteiger partial charge in [0.2, 0.25) is 0 Å². The lowest BCUT2D eigenvalue weighted by atomic mass is 9.76. The largest absolute Gasteiger partial charge is 0.501 e. The summed E-state index contributed by atoms with van der Waals surface area (Å²) >= 11 is 0. The fraction of sp³-hybridized carbons (Fsp3) is 0.857. The summed E-state index contributed by atoms with van der Waals surface area (Å²) < 4.78 is 5.68. The summed E-state index contributed by atoms with van der Waals surface area (Å²) in [5, 5.41) is 8.98. The first-order valence-corrected chi connectivity index (χ1v) is 9.98. The van der Waals surface area contributed by atoms with Crippen LogP contribution in [0.4, 0.5) is 0 Å². The highest BCUT2D eigenvalue weighted by Crippen LogP contribution is 2.36. The van der Waals surface area contributed by atoms with Gasteiger partial charge in [-0.25, -0.2) is 0 Å². The molecule has 2 rings (SSSR count). The van der Waals surface area contributed by atoms with E-state index in [0.717, 1.165) is 43.6 Å². The molecular formula is C21H35NO. The van der Waals surface area contributed by atoms with E-state index in [2.05, 4.69) is 19.1 Å². The zero-order valence-corrected chi connectivity index (χ0v) is 15.0. The van der Waals surface area contributed by atoms with E-state index in [1.807, 2.05) is 6.26 Å². The zero-order chi connectivity index (χ0) is 16.3. The van der Waals surface area contributed by atoms with E-state index >= 15 is 0 Å². The van der Waals surface area contributed by atoms with Gasteiger partial charge in [0.25, 0.3) is 0 Å². The number of nitrogens with zero attached hydrogens (tertiary/aromatic N) is 1. The fourth-order valence-electron chi connectivity index (χ4n) is 4.23. The van der Waals surface area contributed by atoms with Gasteiger partial charge < -0.3 is 4.74 Å². The topological polar surface area (TPSA) is 33.0 Å². The maximum absolute atomic E-state index is 8.98. The maximum Gasteiger partial charge on any atom is 0.0901 e. The molecule has 2 heteroatoms. The lowest BCUT2D eigenvalue weighted by molar-refractivity contribution is 0.142. The minimum absolute atomic E-state index is 0.355. The molecule has 0 atom stereocenters. The van der Waals surface area contributed by atoms with Crippen LogP contribution in [0, 0.1) is 35.0 Å². The van der Waals surface area contributed by atoms with Crippen molar-refractivity contribution in [3.63, 3.8) is 0 Å². The van der Waals surface area contributed by atoms with Crippen LogP contribution in [-0.4, -0.2) is 6.61 Å². The summed E-state index contributed by atoms with van der Waals surface area (Å²) in [4.78, 5) is 0. The van der Waals surface area contributed by atoms with Gasteiger partial charge in [0, 0.05) is 5.92 Å². The van der Waals surface area contributed by atoms with Crippen molar-refractivity contribution in [2.24, 2.45) is 23.7 Å². The second-order valence-corrected chi connectivity index (χ2v) is 7.80. The van der Waals surface area contributed by atoms with E-state index in [1.165, 1.54) is 57.8 Å². The van der Waals surface area contributed by atoms with Gasteiger partial charge in [0.05, 0.1) is 18.9 Å². The van der Waals surface area contributed by atoms with Crippen LogP contribution < -0.4 is 0 Å². The van der Waals surface area contributed by atoms with E-state index in [0.29, 0.717) is 5.92 Å². The van der Waals surface area contributed by atoms with E-state index < -0.39 is 0 Å². The Morgan fingerprint density at radius 2 is 1.48 bits per heavy atom. The predicted molar refractivity (Wildman–Crippen MR) is 95.7 cm³/mol. The van der Waals surface area contributed by atoms with Crippen molar-refractivity contribution >= 4 is 0 Å². The van der Waals surface area contributed by atoms with Gasteiger partial charge in [0.1, 0.15) is 0 Å². The molecule has 0 aromatic carbocycles. The van der Waals surface area contributed by atoms with Gasteiger partial charge in [0.15, 0.2) is 0 Å². The molecule has 0 aromatic heterocycles. The third-order valence-electron chi connectivity index (χ3n) is 5.96. The number of nitriles is 1. The molecule has 0 heterocycles. The Balaban J connectivity index is 1.52. The Morgan fingerprint density at radius 3 is 2.04 bits per heavy atom. The molecule has 2 nitrogen and oxygen atoms in total. The van der Waals surface area contributed by atoms with Gasteiger partial charge in [-0.3, -0.25) is 0 Å². The average Bonchev–Trinajstić information content (AvgIpc) is 2.61. The number of hydrogen-bond donors (Lipinski definition) is 0. The third kappa shape index (κ3) is 6.98. The molecule has 0 bridgehead atoms. The zero-order valence-electron chi connectivity index (χ0n) is 15.0. The standard InChI is InChI=1S/C21H35NO/c1-2-3-4-15-23-17-21-13-9-19(10-14-21)6-5-18-7-11-20(16-22)12-8-18/h4,15,18-21H,2-3,5-14,17H2,1H3/b15-4-. The molecule has 2 fully saturated rings. The van der Waals surface area contributed by atoms with Crippen LogP contribution in [-0.2, 0) is 4.74 Å². The lowest BCUT2D eigenvalue weighted by Crippen LogP contribution is -2.19. The first-order valence-electron chi connectivity index (χ1n) is 9.98. The smallest absolute Gasteiger partial charge is 0.0901 e. The summed E-state index contributed by atoms with van der Waals surface area (Å²) in [6.07, 6.45) is 19.6. The number of hydrogen-bond acceptors (Lipinski definition) is 2. The summed E-state index contributed by atoms with van der Waals surface area (Å²) in [6, 6.07) is 2.45. The van der Waals surface area contributed by atoms with Crippen molar-refractivity contribution in [1.82, 2.24) is 0 Å². The summed E-state index contributed by atoms with van der Waals surface area (Å²) in [6.45, 7) is 3.12. The summed E-state index contributed by atoms with van der Waals surface area (Å²) in [7, 11) is 0. The van der Waals surface area contributed by atoms with Crippen molar-refractivity contribution in [1.29, 1.82) is 5.26 Å². The molecule has 0 amide bonds. The number of allylic oxidation sites excluding steroid dienone is 1. The minimum Gasteiger partial charge on any atom is -0.501 e. The monoisotopic (exact) mass is 317 g/mol. The molecule has 0 aliphatic heterocycles. The molecule has 2 aliphatic carbocycles. The van der Waals surface area contributed by atoms with E-state index in [4.69, 9.17) is 10.00 Å². The van der Waals surface area contributed by atoms with Crippen LogP contribution >= 0.6 is 0 Å². The van der Waals surface area contributed by atoms with Crippen molar-refractivity contribution in [2.75, 3.05) is 6.61 Å². The Kier molecular flexibility index (Phi) is 8.58. The van der Waals surface area contributed by atoms with Crippen molar-refractivity contribution < 1.29 is 4.74 Å². The van der Waals surface area contributed by atoms with Crippen LogP contribution in [0.1, 0.15) is 84.0 Å². The minimum atomic E-state index is 0.355. The molecule has 0 unspecified atom stereocenters. The second kappa shape index (κ2) is 10.7. The van der Waals surface area contributed by atoms with Crippen molar-refractivity contribution in [2.45, 2.75) is 84.0 Å². The molecule has 0 N–H and O–H groups in total. The van der Waals surface area contributed by atoms with Crippen LogP contribution in [0.15, 0.2) is 12.3 Å². The Hall–Kier alpha value is -0.970. The Labute approximate surface area is 143 Å². The number of ether oxygens (including phenoxy) is 1. The number of rotatable bonds is 8. The summed E-state index contributed by atoms with van der Waals surface area (Å²) in [5.74, 6) is 3.00. The lowest BCUT2D eigenvalue weighted by Gasteiger charge is -2.30. The van der Waals surface area contributed by atoms with Crippen molar-refractivity contribution in [3.8, 4) is 6.07 Å². The quantitative estimate of drug-likeness (QED) is 0.497. The normalized spacial score (nSPS) is 31.8. The molecule has 0 saturated heterocycles. The van der Waals surface area contributed by atoms with Gasteiger partial charge in [-0.1, -0.05) is 39.0 Å². The SMILES string of the molecule is CCC/C=C\OCC1CCC(CCC2CCC(C#N)CC2)CC1. The van der Waals surface area contributed by atoms with Gasteiger partial charge in [-0.2, -0.15) is 5.26 Å². The molecule has 0 radical (unpaired) electrons. The molecule has 130 valence electrons. The predicted octanol–water partition coefficient (Wildman–Crippen LogP) is 6.23. The first kappa shape index (κ1) is 18.4. The second-order valence-electron chi connectivity index (χ2n) is 7.80. The third-order valence-corrected chi connectivity index (χ3v) is 5.96. The van der Waals surface area contributed by atoms with Crippen LogP contribution in [0.5, 0.6) is 0 Å². The highest BCUT2D eigenvalue weighted by Gasteiger charge is 2.24. The van der Waals surface area contributed by atoms with Gasteiger partial charge in [-0.15, -0.1) is 0 Å². The number of unbranched alkanes of at least 4 members (excludes halogenated alkanes) is 1. The maximum atomic E-state index is 8.98. The van der Waals surface area contributed by atoms with Gasteiger partial charge >= 0.3 is 0 Å². The molecule has 0 spiro atoms. The molecule has 2 aliphatic rings. The molecular weight excluding hydrogens is 282 g/mol. The molecule has 0 aromatic rings. The molecule has 2 saturated carbocycles. The average molecular weight is 318 g/mol. The highest BCUT2D eigenvalue weighted by molar-refractivity contribution is 4.87. The first-order chi connectivity index (χ1) is 11.3. The Bertz CT molecular complexity index is 368. The highest BCUT2D eigenvalue weighted by atomic mass is 16.5. The van der Waals surface area contributed by atoms with E-state index in [1.54, 1.807) is 0 Å².